The van der Waals surface area contributed by atoms with Crippen LogP contribution in [0.5, 0.6) is 0 Å². The maximum atomic E-state index is 6.11. The molecule has 0 aromatic rings. The minimum absolute atomic E-state index is 0.0322. The van der Waals surface area contributed by atoms with E-state index in [1.54, 1.807) is 0 Å². The third-order valence-corrected chi connectivity index (χ3v) is 4.43. The summed E-state index contributed by atoms with van der Waals surface area (Å²) in [7, 11) is 0. The summed E-state index contributed by atoms with van der Waals surface area (Å²) in [4.78, 5) is 2.68. The van der Waals surface area contributed by atoms with E-state index in [4.69, 9.17) is 9.47 Å². The van der Waals surface area contributed by atoms with Crippen molar-refractivity contribution in [3.63, 3.8) is 0 Å². The maximum Gasteiger partial charge on any atom is 0.0657 e. The molecule has 2 aliphatic rings. The Morgan fingerprint density at radius 3 is 2.63 bits per heavy atom. The zero-order chi connectivity index (χ0) is 14.1. The largest absolute Gasteiger partial charge is 0.377 e. The van der Waals surface area contributed by atoms with E-state index in [1.165, 1.54) is 32.2 Å². The van der Waals surface area contributed by atoms with Crippen LogP contribution in [0.25, 0.3) is 0 Å². The lowest BCUT2D eigenvalue weighted by atomic mass is 9.95. The number of nitrogens with zero attached hydrogens (tertiary/aromatic N) is 1. The molecule has 3 nitrogen and oxygen atoms in total. The Bertz CT molecular complexity index is 298. The molecule has 0 aromatic heterocycles. The molecular formula is C16H31NO2. The average Bonchev–Trinajstić information content (AvgIpc) is 2.81. The smallest absolute Gasteiger partial charge is 0.0657 e. The van der Waals surface area contributed by atoms with Gasteiger partial charge in [0.2, 0.25) is 0 Å². The van der Waals surface area contributed by atoms with E-state index in [9.17, 15) is 0 Å². The minimum Gasteiger partial charge on any atom is -0.377 e. The van der Waals surface area contributed by atoms with Crippen molar-refractivity contribution in [1.82, 2.24) is 4.90 Å². The van der Waals surface area contributed by atoms with Crippen LogP contribution in [-0.2, 0) is 9.47 Å². The Morgan fingerprint density at radius 2 is 2.00 bits per heavy atom. The number of hydrogen-bond donors (Lipinski definition) is 0. The van der Waals surface area contributed by atoms with Crippen LogP contribution >= 0.6 is 0 Å². The van der Waals surface area contributed by atoms with Crippen LogP contribution in [0, 0.1) is 0 Å². The second-order valence-corrected chi connectivity index (χ2v) is 7.50. The van der Waals surface area contributed by atoms with Gasteiger partial charge in [0.15, 0.2) is 0 Å². The molecule has 2 saturated heterocycles. The van der Waals surface area contributed by atoms with E-state index < -0.39 is 0 Å². The molecule has 3 heteroatoms. The van der Waals surface area contributed by atoms with Crippen LogP contribution in [-0.4, -0.2) is 47.9 Å². The summed E-state index contributed by atoms with van der Waals surface area (Å²) in [6.07, 6.45) is 5.48. The van der Waals surface area contributed by atoms with Gasteiger partial charge in [-0.3, -0.25) is 4.90 Å². The lowest BCUT2D eigenvalue weighted by molar-refractivity contribution is -0.0627. The maximum absolute atomic E-state index is 6.11. The molecule has 0 radical (unpaired) electrons. The molecule has 2 unspecified atom stereocenters. The molecule has 0 aliphatic carbocycles. The van der Waals surface area contributed by atoms with Gasteiger partial charge < -0.3 is 9.47 Å². The lowest BCUT2D eigenvalue weighted by Gasteiger charge is -2.37. The van der Waals surface area contributed by atoms with Crippen LogP contribution in [0.1, 0.15) is 60.3 Å². The first-order valence-electron chi connectivity index (χ1n) is 7.85. The van der Waals surface area contributed by atoms with Crippen molar-refractivity contribution >= 4 is 0 Å². The van der Waals surface area contributed by atoms with Crippen molar-refractivity contribution in [2.24, 2.45) is 0 Å². The summed E-state index contributed by atoms with van der Waals surface area (Å²) in [5.74, 6) is 0. The molecule has 19 heavy (non-hydrogen) atoms. The molecule has 0 spiro atoms. The molecule has 2 rings (SSSR count). The summed E-state index contributed by atoms with van der Waals surface area (Å²) >= 11 is 0. The van der Waals surface area contributed by atoms with Crippen molar-refractivity contribution in [2.45, 2.75) is 83.6 Å². The van der Waals surface area contributed by atoms with Crippen molar-refractivity contribution in [1.29, 1.82) is 0 Å². The number of rotatable bonds is 5. The summed E-state index contributed by atoms with van der Waals surface area (Å²) in [6, 6.07) is 0.605. The van der Waals surface area contributed by atoms with Gasteiger partial charge in [0, 0.05) is 11.6 Å². The number of ether oxygens (including phenoxy) is 2. The zero-order valence-electron chi connectivity index (χ0n) is 13.4. The van der Waals surface area contributed by atoms with Crippen LogP contribution in [0.4, 0.5) is 0 Å². The second-order valence-electron chi connectivity index (χ2n) is 7.50. The van der Waals surface area contributed by atoms with Crippen molar-refractivity contribution in [3.8, 4) is 0 Å². The zero-order valence-corrected chi connectivity index (χ0v) is 13.4. The monoisotopic (exact) mass is 269 g/mol. The minimum atomic E-state index is -0.0322. The Morgan fingerprint density at radius 1 is 1.26 bits per heavy atom. The van der Waals surface area contributed by atoms with Crippen LogP contribution in [0.2, 0.25) is 0 Å². The highest BCUT2D eigenvalue weighted by molar-refractivity contribution is 5.04. The molecule has 0 aromatic carbocycles. The first kappa shape index (κ1) is 15.3. The van der Waals surface area contributed by atoms with Gasteiger partial charge in [-0.2, -0.15) is 0 Å². The fourth-order valence-electron chi connectivity index (χ4n) is 3.44. The first-order chi connectivity index (χ1) is 8.82. The van der Waals surface area contributed by atoms with Crippen molar-refractivity contribution in [3.05, 3.63) is 0 Å². The van der Waals surface area contributed by atoms with Crippen LogP contribution < -0.4 is 0 Å². The van der Waals surface area contributed by atoms with Gasteiger partial charge in [0.05, 0.1) is 24.9 Å². The molecule has 2 heterocycles. The highest BCUT2D eigenvalue weighted by Gasteiger charge is 2.49. The topological polar surface area (TPSA) is 21.7 Å². The lowest BCUT2D eigenvalue weighted by Crippen LogP contribution is -2.48. The third kappa shape index (κ3) is 3.71. The van der Waals surface area contributed by atoms with Crippen LogP contribution in [0.15, 0.2) is 0 Å². The molecule has 2 aliphatic heterocycles. The van der Waals surface area contributed by atoms with E-state index in [2.05, 4.69) is 39.5 Å². The molecule has 2 fully saturated rings. The summed E-state index contributed by atoms with van der Waals surface area (Å²) in [5, 5.41) is 0. The Labute approximate surface area is 118 Å². The predicted molar refractivity (Wildman–Crippen MR) is 78.5 cm³/mol. The quantitative estimate of drug-likeness (QED) is 0.765. The van der Waals surface area contributed by atoms with E-state index in [0.717, 1.165) is 13.2 Å². The van der Waals surface area contributed by atoms with Crippen molar-refractivity contribution < 1.29 is 9.47 Å². The Hall–Kier alpha value is -0.120. The molecule has 2 atom stereocenters. The Kier molecular flexibility index (Phi) is 4.59. The van der Waals surface area contributed by atoms with Gasteiger partial charge >= 0.3 is 0 Å². The highest BCUT2D eigenvalue weighted by atomic mass is 16.5. The van der Waals surface area contributed by atoms with Gasteiger partial charge in [0.1, 0.15) is 0 Å². The third-order valence-electron chi connectivity index (χ3n) is 4.43. The standard InChI is InChI=1S/C16H31NO2/c1-13(2)18-11-14-7-9-16(8-6-10-17(14)16)12-19-15(3,4)5/h13-14H,6-12H2,1-5H3. The summed E-state index contributed by atoms with van der Waals surface area (Å²) in [5.41, 5.74) is 0.272. The van der Waals surface area contributed by atoms with E-state index in [0.29, 0.717) is 17.7 Å². The van der Waals surface area contributed by atoms with Gasteiger partial charge in [-0.15, -0.1) is 0 Å². The fourth-order valence-corrected chi connectivity index (χ4v) is 3.44. The SMILES string of the molecule is CC(C)OCC1CCC2(COC(C)(C)C)CCCN12. The van der Waals surface area contributed by atoms with Gasteiger partial charge in [-0.05, 0) is 66.8 Å². The molecule has 112 valence electrons. The van der Waals surface area contributed by atoms with E-state index in [-0.39, 0.29) is 5.60 Å². The number of fused-ring (bicyclic) bond motifs is 1. The predicted octanol–water partition coefficient (Wildman–Crippen LogP) is 3.22. The van der Waals surface area contributed by atoms with E-state index in [1.807, 2.05) is 0 Å². The van der Waals surface area contributed by atoms with Gasteiger partial charge in [-0.25, -0.2) is 0 Å². The van der Waals surface area contributed by atoms with Crippen molar-refractivity contribution in [2.75, 3.05) is 19.8 Å². The van der Waals surface area contributed by atoms with E-state index >= 15 is 0 Å². The molecule has 0 amide bonds. The number of hydrogen-bond acceptors (Lipinski definition) is 3. The highest BCUT2D eigenvalue weighted by Crippen LogP contribution is 2.43. The van der Waals surface area contributed by atoms with Gasteiger partial charge in [-0.1, -0.05) is 0 Å². The molecule has 0 bridgehead atoms. The Balaban J connectivity index is 1.93. The van der Waals surface area contributed by atoms with Crippen LogP contribution in [0.3, 0.4) is 0 Å². The average molecular weight is 269 g/mol. The molecule has 0 N–H and O–H groups in total. The van der Waals surface area contributed by atoms with Gasteiger partial charge in [0.25, 0.3) is 0 Å². The summed E-state index contributed by atoms with van der Waals surface area (Å²) in [6.45, 7) is 13.7. The fraction of sp³-hybridized carbons (Fsp3) is 1.00. The normalized spacial score (nSPS) is 32.2. The molecular weight excluding hydrogens is 238 g/mol. The second kappa shape index (κ2) is 5.71. The summed E-state index contributed by atoms with van der Waals surface area (Å²) < 4.78 is 12.0. The first-order valence-corrected chi connectivity index (χ1v) is 7.85. The molecule has 0 saturated carbocycles.